The zero-order chi connectivity index (χ0) is 10.7. The first-order valence-electron chi connectivity index (χ1n) is 4.94. The van der Waals surface area contributed by atoms with Crippen LogP contribution in [-0.4, -0.2) is 0 Å². The van der Waals surface area contributed by atoms with Crippen LogP contribution in [0.1, 0.15) is 11.1 Å². The second kappa shape index (κ2) is 4.58. The summed E-state index contributed by atoms with van der Waals surface area (Å²) in [6, 6.07) is 12.7. The van der Waals surface area contributed by atoms with Crippen molar-refractivity contribution in [2.24, 2.45) is 0 Å². The Bertz CT molecular complexity index is 388. The van der Waals surface area contributed by atoms with E-state index in [9.17, 15) is 0 Å². The molecule has 2 heteroatoms. The minimum absolute atomic E-state index is 0.924. The van der Waals surface area contributed by atoms with E-state index in [1.165, 1.54) is 11.1 Å². The molecule has 0 aliphatic carbocycles. The van der Waals surface area contributed by atoms with E-state index in [1.54, 1.807) is 0 Å². The Morgan fingerprint density at radius 1 is 1.00 bits per heavy atom. The summed E-state index contributed by atoms with van der Waals surface area (Å²) < 4.78 is 3.30. The van der Waals surface area contributed by atoms with E-state index in [1.807, 2.05) is 0 Å². The lowest BCUT2D eigenvalue weighted by molar-refractivity contribution is -0.688. The van der Waals surface area contributed by atoms with Crippen LogP contribution in [0.3, 0.4) is 0 Å². The Labute approximate surface area is 98.5 Å². The number of aryl methyl sites for hydroxylation is 1. The zero-order valence-electron chi connectivity index (χ0n) is 8.65. The fourth-order valence-electron chi connectivity index (χ4n) is 1.44. The third-order valence-electron chi connectivity index (χ3n) is 2.34. The third-order valence-corrected chi connectivity index (χ3v) is 2.86. The van der Waals surface area contributed by atoms with E-state index in [2.05, 4.69) is 76.2 Å². The summed E-state index contributed by atoms with van der Waals surface area (Å²) in [4.78, 5) is 0. The van der Waals surface area contributed by atoms with Crippen LogP contribution in [0.5, 0.6) is 0 Å². The molecule has 1 aromatic heterocycles. The summed E-state index contributed by atoms with van der Waals surface area (Å²) >= 11 is 3.43. The molecule has 0 N–H and O–H groups in total. The smallest absolute Gasteiger partial charge is 0.173 e. The summed E-state index contributed by atoms with van der Waals surface area (Å²) in [5.74, 6) is 0. The van der Waals surface area contributed by atoms with E-state index in [-0.39, 0.29) is 0 Å². The summed E-state index contributed by atoms with van der Waals surface area (Å²) in [6.45, 7) is 3.03. The fraction of sp³-hybridized carbons (Fsp3) is 0.154. The number of hydrogen-bond donors (Lipinski definition) is 0. The van der Waals surface area contributed by atoms with E-state index >= 15 is 0 Å². The monoisotopic (exact) mass is 262 g/mol. The number of hydrogen-bond acceptors (Lipinski definition) is 0. The summed E-state index contributed by atoms with van der Waals surface area (Å²) in [6.07, 6.45) is 4.22. The van der Waals surface area contributed by atoms with Gasteiger partial charge in [0, 0.05) is 22.2 Å². The molecular formula is C13H13BrN+. The van der Waals surface area contributed by atoms with Gasteiger partial charge in [-0.1, -0.05) is 28.1 Å². The fourth-order valence-corrected chi connectivity index (χ4v) is 1.70. The number of benzene rings is 1. The molecule has 0 spiro atoms. The number of halogens is 1. The van der Waals surface area contributed by atoms with Crippen LogP contribution < -0.4 is 4.57 Å². The van der Waals surface area contributed by atoms with Crippen molar-refractivity contribution in [3.63, 3.8) is 0 Å². The van der Waals surface area contributed by atoms with Gasteiger partial charge in [0.15, 0.2) is 18.9 Å². The average molecular weight is 263 g/mol. The molecule has 0 amide bonds. The van der Waals surface area contributed by atoms with Gasteiger partial charge in [0.2, 0.25) is 0 Å². The first-order chi connectivity index (χ1) is 7.24. The molecule has 76 valence electrons. The maximum atomic E-state index is 3.43. The molecule has 1 nitrogen and oxygen atoms in total. The van der Waals surface area contributed by atoms with Crippen LogP contribution in [0.2, 0.25) is 0 Å². The first kappa shape index (κ1) is 10.4. The van der Waals surface area contributed by atoms with Crippen molar-refractivity contribution in [1.82, 2.24) is 0 Å². The average Bonchev–Trinajstić information content (AvgIpc) is 2.25. The quantitative estimate of drug-likeness (QED) is 0.733. The van der Waals surface area contributed by atoms with Gasteiger partial charge >= 0.3 is 0 Å². The minimum Gasteiger partial charge on any atom is -0.201 e. The number of rotatable bonds is 2. The largest absolute Gasteiger partial charge is 0.201 e. The summed E-state index contributed by atoms with van der Waals surface area (Å²) in [7, 11) is 0. The van der Waals surface area contributed by atoms with Gasteiger partial charge in [-0.2, -0.15) is 0 Å². The molecule has 0 bridgehead atoms. The van der Waals surface area contributed by atoms with Crippen molar-refractivity contribution in [2.45, 2.75) is 13.5 Å². The van der Waals surface area contributed by atoms with Gasteiger partial charge in [0.25, 0.3) is 0 Å². The Kier molecular flexibility index (Phi) is 3.17. The minimum atomic E-state index is 0.924. The van der Waals surface area contributed by atoms with Crippen LogP contribution in [0.25, 0.3) is 0 Å². The van der Waals surface area contributed by atoms with E-state index in [4.69, 9.17) is 0 Å². The normalized spacial score (nSPS) is 10.3. The van der Waals surface area contributed by atoms with Crippen molar-refractivity contribution in [3.05, 3.63) is 64.4 Å². The predicted molar refractivity (Wildman–Crippen MR) is 64.6 cm³/mol. The molecule has 2 rings (SSSR count). The SMILES string of the molecule is Cc1cc[n+](Cc2ccc(Br)cc2)cc1. The molecule has 15 heavy (non-hydrogen) atoms. The Balaban J connectivity index is 2.15. The molecule has 2 aromatic rings. The molecule has 0 fully saturated rings. The van der Waals surface area contributed by atoms with Gasteiger partial charge in [-0.3, -0.25) is 0 Å². The molecule has 0 atom stereocenters. The number of aromatic nitrogens is 1. The lowest BCUT2D eigenvalue weighted by Crippen LogP contribution is -2.33. The van der Waals surface area contributed by atoms with Crippen molar-refractivity contribution in [3.8, 4) is 0 Å². The van der Waals surface area contributed by atoms with Crippen molar-refractivity contribution in [1.29, 1.82) is 0 Å². The Hall–Kier alpha value is -1.15. The maximum absolute atomic E-state index is 3.43. The Morgan fingerprint density at radius 2 is 1.60 bits per heavy atom. The predicted octanol–water partition coefficient (Wildman–Crippen LogP) is 3.09. The second-order valence-corrected chi connectivity index (χ2v) is 4.59. The second-order valence-electron chi connectivity index (χ2n) is 3.67. The van der Waals surface area contributed by atoms with E-state index < -0.39 is 0 Å². The molecule has 0 aliphatic heterocycles. The molecule has 0 saturated heterocycles. The van der Waals surface area contributed by atoms with Crippen molar-refractivity contribution < 1.29 is 4.57 Å². The topological polar surface area (TPSA) is 3.88 Å². The van der Waals surface area contributed by atoms with E-state index in [0.717, 1.165) is 11.0 Å². The third kappa shape index (κ3) is 2.90. The van der Waals surface area contributed by atoms with Gasteiger partial charge in [-0.15, -0.1) is 0 Å². The van der Waals surface area contributed by atoms with Crippen LogP contribution in [0.15, 0.2) is 53.3 Å². The highest BCUT2D eigenvalue weighted by Gasteiger charge is 2.01. The van der Waals surface area contributed by atoms with Crippen LogP contribution in [0, 0.1) is 6.92 Å². The lowest BCUT2D eigenvalue weighted by Gasteiger charge is -1.98. The standard InChI is InChI=1S/C13H13BrN/c1-11-6-8-15(9-7-11)10-12-2-4-13(14)5-3-12/h2-9H,10H2,1H3/q+1. The highest BCUT2D eigenvalue weighted by atomic mass is 79.9. The van der Waals surface area contributed by atoms with Gasteiger partial charge in [0.1, 0.15) is 0 Å². The molecule has 1 heterocycles. The van der Waals surface area contributed by atoms with E-state index in [0.29, 0.717) is 0 Å². The number of pyridine rings is 1. The lowest BCUT2D eigenvalue weighted by atomic mass is 10.2. The van der Waals surface area contributed by atoms with Crippen LogP contribution in [0.4, 0.5) is 0 Å². The molecule has 0 saturated carbocycles. The van der Waals surface area contributed by atoms with Crippen LogP contribution >= 0.6 is 15.9 Å². The maximum Gasteiger partial charge on any atom is 0.173 e. The molecular weight excluding hydrogens is 250 g/mol. The van der Waals surface area contributed by atoms with Gasteiger partial charge in [-0.25, -0.2) is 4.57 Å². The van der Waals surface area contributed by atoms with Crippen molar-refractivity contribution >= 4 is 15.9 Å². The first-order valence-corrected chi connectivity index (χ1v) is 5.73. The molecule has 1 aromatic carbocycles. The summed E-state index contributed by atoms with van der Waals surface area (Å²) in [5, 5.41) is 0. The molecule has 0 aliphatic rings. The van der Waals surface area contributed by atoms with Crippen molar-refractivity contribution in [2.75, 3.05) is 0 Å². The number of nitrogens with zero attached hydrogens (tertiary/aromatic N) is 1. The van der Waals surface area contributed by atoms with Gasteiger partial charge < -0.3 is 0 Å². The zero-order valence-corrected chi connectivity index (χ0v) is 10.2. The molecule has 0 radical (unpaired) electrons. The molecule has 0 unspecified atom stereocenters. The van der Waals surface area contributed by atoms with Gasteiger partial charge in [-0.05, 0) is 24.6 Å². The Morgan fingerprint density at radius 3 is 2.20 bits per heavy atom. The highest BCUT2D eigenvalue weighted by Crippen LogP contribution is 2.10. The van der Waals surface area contributed by atoms with Gasteiger partial charge in [0.05, 0.1) is 0 Å². The van der Waals surface area contributed by atoms with Crippen LogP contribution in [-0.2, 0) is 6.54 Å². The summed E-state index contributed by atoms with van der Waals surface area (Å²) in [5.41, 5.74) is 2.61. The highest BCUT2D eigenvalue weighted by molar-refractivity contribution is 9.10.